The first-order chi connectivity index (χ1) is 10.5. The van der Waals surface area contributed by atoms with Crippen molar-refractivity contribution in [1.29, 1.82) is 0 Å². The molecule has 0 aliphatic rings. The van der Waals surface area contributed by atoms with E-state index in [4.69, 9.17) is 4.74 Å². The Balaban J connectivity index is 1.94. The summed E-state index contributed by atoms with van der Waals surface area (Å²) < 4.78 is 5.74. The molecule has 0 saturated carbocycles. The van der Waals surface area contributed by atoms with Gasteiger partial charge in [0.1, 0.15) is 5.75 Å². The number of hydrogen-bond acceptors (Lipinski definition) is 3. The summed E-state index contributed by atoms with van der Waals surface area (Å²) in [6.07, 6.45) is 0. The SMILES string of the molecule is Cc1ccc(C(C)C)cc1OCC(=O)N(C)Cc1cccs1. The monoisotopic (exact) mass is 317 g/mol. The van der Waals surface area contributed by atoms with Gasteiger partial charge in [-0.05, 0) is 41.5 Å². The van der Waals surface area contributed by atoms with Crippen molar-refractivity contribution in [2.24, 2.45) is 0 Å². The molecule has 0 bridgehead atoms. The predicted molar refractivity (Wildman–Crippen MR) is 91.6 cm³/mol. The number of hydrogen-bond donors (Lipinski definition) is 0. The molecule has 2 rings (SSSR count). The molecule has 0 radical (unpaired) electrons. The number of likely N-dealkylation sites (N-methyl/N-ethyl adjacent to an activating group) is 1. The van der Waals surface area contributed by atoms with E-state index in [1.807, 2.05) is 43.6 Å². The third kappa shape index (κ3) is 4.34. The number of nitrogens with zero attached hydrogens (tertiary/aromatic N) is 1. The largest absolute Gasteiger partial charge is 0.483 e. The van der Waals surface area contributed by atoms with Gasteiger partial charge in [-0.1, -0.05) is 32.0 Å². The van der Waals surface area contributed by atoms with E-state index in [-0.39, 0.29) is 12.5 Å². The number of benzene rings is 1. The topological polar surface area (TPSA) is 29.5 Å². The highest BCUT2D eigenvalue weighted by Crippen LogP contribution is 2.24. The van der Waals surface area contributed by atoms with E-state index in [1.54, 1.807) is 16.2 Å². The van der Waals surface area contributed by atoms with E-state index in [0.29, 0.717) is 12.5 Å². The molecule has 1 heterocycles. The van der Waals surface area contributed by atoms with Crippen LogP contribution < -0.4 is 4.74 Å². The molecule has 3 nitrogen and oxygen atoms in total. The summed E-state index contributed by atoms with van der Waals surface area (Å²) in [5.41, 5.74) is 2.28. The van der Waals surface area contributed by atoms with Crippen LogP contribution in [0.4, 0.5) is 0 Å². The van der Waals surface area contributed by atoms with Crippen LogP contribution in [0.1, 0.15) is 35.8 Å². The number of carbonyl (C=O) groups is 1. The smallest absolute Gasteiger partial charge is 0.260 e. The van der Waals surface area contributed by atoms with Gasteiger partial charge in [-0.15, -0.1) is 11.3 Å². The lowest BCUT2D eigenvalue weighted by molar-refractivity contribution is -0.132. The Morgan fingerprint density at radius 3 is 2.73 bits per heavy atom. The van der Waals surface area contributed by atoms with Crippen molar-refractivity contribution in [2.45, 2.75) is 33.2 Å². The van der Waals surface area contributed by atoms with Crippen molar-refractivity contribution in [2.75, 3.05) is 13.7 Å². The minimum absolute atomic E-state index is 0.0113. The van der Waals surface area contributed by atoms with E-state index >= 15 is 0 Å². The quantitative estimate of drug-likeness (QED) is 0.798. The molecule has 22 heavy (non-hydrogen) atoms. The second-order valence-corrected chi connectivity index (χ2v) is 6.83. The standard InChI is InChI=1S/C18H23NO2S/c1-13(2)15-8-7-14(3)17(10-15)21-12-18(20)19(4)11-16-6-5-9-22-16/h5-10,13H,11-12H2,1-4H3. The molecular formula is C18H23NO2S. The molecule has 118 valence electrons. The molecule has 0 saturated heterocycles. The Labute approximate surface area is 136 Å². The lowest BCUT2D eigenvalue weighted by Gasteiger charge is -2.18. The van der Waals surface area contributed by atoms with E-state index in [0.717, 1.165) is 11.3 Å². The van der Waals surface area contributed by atoms with Crippen molar-refractivity contribution in [3.8, 4) is 5.75 Å². The fraction of sp³-hybridized carbons (Fsp3) is 0.389. The van der Waals surface area contributed by atoms with Gasteiger partial charge in [0.2, 0.25) is 0 Å². The van der Waals surface area contributed by atoms with Crippen molar-refractivity contribution in [3.05, 3.63) is 51.7 Å². The van der Waals surface area contributed by atoms with Gasteiger partial charge in [-0.25, -0.2) is 0 Å². The molecule has 0 unspecified atom stereocenters. The van der Waals surface area contributed by atoms with Crippen molar-refractivity contribution >= 4 is 17.2 Å². The Kier molecular flexibility index (Phi) is 5.61. The highest BCUT2D eigenvalue weighted by molar-refractivity contribution is 7.09. The van der Waals surface area contributed by atoms with E-state index < -0.39 is 0 Å². The van der Waals surface area contributed by atoms with Crippen LogP contribution in [0.15, 0.2) is 35.7 Å². The Morgan fingerprint density at radius 1 is 1.32 bits per heavy atom. The van der Waals surface area contributed by atoms with Crippen LogP contribution in [0.5, 0.6) is 5.75 Å². The molecule has 0 fully saturated rings. The number of carbonyl (C=O) groups excluding carboxylic acids is 1. The van der Waals surface area contributed by atoms with Gasteiger partial charge in [-0.2, -0.15) is 0 Å². The van der Waals surface area contributed by atoms with Crippen molar-refractivity contribution in [3.63, 3.8) is 0 Å². The highest BCUT2D eigenvalue weighted by atomic mass is 32.1. The predicted octanol–water partition coefficient (Wildman–Crippen LogP) is 4.22. The summed E-state index contributed by atoms with van der Waals surface area (Å²) in [5.74, 6) is 1.23. The molecule has 2 aromatic rings. The van der Waals surface area contributed by atoms with Gasteiger partial charge in [0, 0.05) is 11.9 Å². The van der Waals surface area contributed by atoms with E-state index in [2.05, 4.69) is 19.9 Å². The van der Waals surface area contributed by atoms with Gasteiger partial charge in [0.25, 0.3) is 5.91 Å². The normalized spacial score (nSPS) is 10.8. The van der Waals surface area contributed by atoms with Crippen molar-refractivity contribution in [1.82, 2.24) is 4.90 Å². The zero-order valence-corrected chi connectivity index (χ0v) is 14.4. The summed E-state index contributed by atoms with van der Waals surface area (Å²) >= 11 is 1.66. The Hall–Kier alpha value is -1.81. The first kappa shape index (κ1) is 16.6. The average molecular weight is 317 g/mol. The van der Waals surface area contributed by atoms with Gasteiger partial charge in [-0.3, -0.25) is 4.79 Å². The fourth-order valence-electron chi connectivity index (χ4n) is 2.11. The number of ether oxygens (including phenoxy) is 1. The lowest BCUT2D eigenvalue weighted by Crippen LogP contribution is -2.30. The molecule has 1 amide bonds. The maximum absolute atomic E-state index is 12.2. The van der Waals surface area contributed by atoms with Crippen LogP contribution in [-0.2, 0) is 11.3 Å². The van der Waals surface area contributed by atoms with Crippen LogP contribution in [0, 0.1) is 6.92 Å². The van der Waals surface area contributed by atoms with E-state index in [9.17, 15) is 4.79 Å². The van der Waals surface area contributed by atoms with Gasteiger partial charge >= 0.3 is 0 Å². The lowest BCUT2D eigenvalue weighted by atomic mass is 10.0. The maximum atomic E-state index is 12.2. The summed E-state index contributed by atoms with van der Waals surface area (Å²) in [6, 6.07) is 10.2. The number of aryl methyl sites for hydroxylation is 1. The summed E-state index contributed by atoms with van der Waals surface area (Å²) in [5, 5.41) is 2.02. The maximum Gasteiger partial charge on any atom is 0.260 e. The molecule has 0 N–H and O–H groups in total. The molecular weight excluding hydrogens is 294 g/mol. The molecule has 4 heteroatoms. The molecule has 0 aliphatic heterocycles. The summed E-state index contributed by atoms with van der Waals surface area (Å²) in [6.45, 7) is 7.00. The zero-order chi connectivity index (χ0) is 16.1. The van der Waals surface area contributed by atoms with Gasteiger partial charge in [0.15, 0.2) is 6.61 Å². The molecule has 1 aromatic heterocycles. The summed E-state index contributed by atoms with van der Waals surface area (Å²) in [7, 11) is 1.81. The minimum Gasteiger partial charge on any atom is -0.483 e. The first-order valence-electron chi connectivity index (χ1n) is 7.47. The molecule has 0 aliphatic carbocycles. The van der Waals surface area contributed by atoms with E-state index in [1.165, 1.54) is 10.4 Å². The third-order valence-electron chi connectivity index (χ3n) is 3.63. The molecule has 0 atom stereocenters. The average Bonchev–Trinajstić information content (AvgIpc) is 2.98. The molecule has 1 aromatic carbocycles. The number of rotatable bonds is 6. The van der Waals surface area contributed by atoms with Crippen LogP contribution in [0.3, 0.4) is 0 Å². The Morgan fingerprint density at radius 2 is 2.09 bits per heavy atom. The fourth-order valence-corrected chi connectivity index (χ4v) is 2.86. The van der Waals surface area contributed by atoms with Crippen molar-refractivity contribution < 1.29 is 9.53 Å². The second-order valence-electron chi connectivity index (χ2n) is 5.80. The molecule has 0 spiro atoms. The zero-order valence-electron chi connectivity index (χ0n) is 13.6. The minimum atomic E-state index is -0.0113. The number of thiophene rings is 1. The summed E-state index contributed by atoms with van der Waals surface area (Å²) in [4.78, 5) is 15.1. The second kappa shape index (κ2) is 7.45. The van der Waals surface area contributed by atoms with Crippen LogP contribution in [0.25, 0.3) is 0 Å². The van der Waals surface area contributed by atoms with Crippen LogP contribution in [0.2, 0.25) is 0 Å². The van der Waals surface area contributed by atoms with Gasteiger partial charge < -0.3 is 9.64 Å². The Bertz CT molecular complexity index is 620. The van der Waals surface area contributed by atoms with Crippen LogP contribution in [-0.4, -0.2) is 24.5 Å². The van der Waals surface area contributed by atoms with Gasteiger partial charge in [0.05, 0.1) is 6.54 Å². The third-order valence-corrected chi connectivity index (χ3v) is 4.49. The number of amides is 1. The van der Waals surface area contributed by atoms with Crippen LogP contribution >= 0.6 is 11.3 Å². The highest BCUT2D eigenvalue weighted by Gasteiger charge is 2.12. The first-order valence-corrected chi connectivity index (χ1v) is 8.35.